The molecule has 80 valence electrons. The van der Waals surface area contributed by atoms with Crippen LogP contribution in [-0.4, -0.2) is 18.3 Å². The normalized spacial score (nSPS) is 13.4. The summed E-state index contributed by atoms with van der Waals surface area (Å²) in [5.41, 5.74) is 0. The van der Waals surface area contributed by atoms with Crippen LogP contribution in [0.25, 0.3) is 0 Å². The van der Waals surface area contributed by atoms with E-state index in [1.807, 2.05) is 23.1 Å². The Morgan fingerprint density at radius 3 is 2.79 bits per heavy atom. The molecule has 0 radical (unpaired) electrons. The highest BCUT2D eigenvalue weighted by atomic mass is 32.2. The maximum absolute atomic E-state index is 3.47. The lowest BCUT2D eigenvalue weighted by Gasteiger charge is -2.13. The first kappa shape index (κ1) is 12.1. The first-order chi connectivity index (χ1) is 6.68. The number of hydrogen-bond donors (Lipinski definition) is 1. The van der Waals surface area contributed by atoms with E-state index in [1.54, 1.807) is 0 Å². The molecule has 0 saturated carbocycles. The lowest BCUT2D eigenvalue weighted by Crippen LogP contribution is -2.28. The summed E-state index contributed by atoms with van der Waals surface area (Å²) in [6.07, 6.45) is 0. The van der Waals surface area contributed by atoms with Gasteiger partial charge in [0.05, 0.1) is 4.21 Å². The summed E-state index contributed by atoms with van der Waals surface area (Å²) < 4.78 is 1.43. The minimum Gasteiger partial charge on any atom is -0.314 e. The summed E-state index contributed by atoms with van der Waals surface area (Å²) in [6.45, 7) is 7.81. The molecule has 1 nitrogen and oxygen atoms in total. The van der Waals surface area contributed by atoms with Crippen molar-refractivity contribution in [2.75, 3.05) is 12.3 Å². The van der Waals surface area contributed by atoms with Gasteiger partial charge in [-0.1, -0.05) is 26.8 Å². The number of hydrogen-bond acceptors (Lipinski definition) is 3. The van der Waals surface area contributed by atoms with Crippen LogP contribution in [0.15, 0.2) is 21.7 Å². The third kappa shape index (κ3) is 5.03. The van der Waals surface area contributed by atoms with Crippen LogP contribution in [0.4, 0.5) is 0 Å². The zero-order chi connectivity index (χ0) is 10.4. The van der Waals surface area contributed by atoms with Crippen LogP contribution >= 0.6 is 23.1 Å². The van der Waals surface area contributed by atoms with Crippen molar-refractivity contribution < 1.29 is 0 Å². The van der Waals surface area contributed by atoms with Crippen LogP contribution in [0.1, 0.15) is 20.8 Å². The van der Waals surface area contributed by atoms with Gasteiger partial charge in [-0.2, -0.15) is 0 Å². The lowest BCUT2D eigenvalue weighted by atomic mass is 10.2. The summed E-state index contributed by atoms with van der Waals surface area (Å²) in [5, 5.41) is 5.60. The second-order valence-corrected chi connectivity index (χ2v) is 6.18. The average molecular weight is 229 g/mol. The molecular formula is C11H19NS2. The Labute approximate surface area is 95.3 Å². The molecule has 1 unspecified atom stereocenters. The molecule has 0 aromatic carbocycles. The van der Waals surface area contributed by atoms with E-state index in [0.717, 1.165) is 12.5 Å². The first-order valence-electron chi connectivity index (χ1n) is 5.08. The molecule has 0 fully saturated rings. The van der Waals surface area contributed by atoms with Crippen molar-refractivity contribution in [3.05, 3.63) is 17.5 Å². The second-order valence-electron chi connectivity index (χ2n) is 3.91. The lowest BCUT2D eigenvalue weighted by molar-refractivity contribution is 0.510. The van der Waals surface area contributed by atoms with Crippen molar-refractivity contribution in [2.24, 2.45) is 5.92 Å². The van der Waals surface area contributed by atoms with Crippen molar-refractivity contribution >= 4 is 23.1 Å². The highest BCUT2D eigenvalue weighted by Gasteiger charge is 2.04. The van der Waals surface area contributed by atoms with E-state index in [2.05, 4.69) is 43.6 Å². The molecule has 14 heavy (non-hydrogen) atoms. The third-order valence-electron chi connectivity index (χ3n) is 1.88. The predicted octanol–water partition coefficient (Wildman–Crippen LogP) is 3.47. The van der Waals surface area contributed by atoms with E-state index < -0.39 is 0 Å². The Balaban J connectivity index is 2.12. The Morgan fingerprint density at radius 1 is 1.43 bits per heavy atom. The summed E-state index contributed by atoms with van der Waals surface area (Å²) >= 11 is 3.80. The van der Waals surface area contributed by atoms with Crippen molar-refractivity contribution in [3.8, 4) is 0 Å². The Hall–Kier alpha value is 0.01000. The van der Waals surface area contributed by atoms with E-state index in [0.29, 0.717) is 6.04 Å². The highest BCUT2D eigenvalue weighted by molar-refractivity contribution is 8.01. The van der Waals surface area contributed by atoms with Crippen molar-refractivity contribution in [1.82, 2.24) is 5.32 Å². The molecule has 0 aliphatic carbocycles. The van der Waals surface area contributed by atoms with Gasteiger partial charge in [0.1, 0.15) is 0 Å². The molecule has 0 aliphatic heterocycles. The molecule has 3 heteroatoms. The Bertz CT molecular complexity index is 231. The second kappa shape index (κ2) is 6.49. The SMILES string of the molecule is CC(CNC(C)C)CSc1cccs1. The summed E-state index contributed by atoms with van der Waals surface area (Å²) in [7, 11) is 0. The van der Waals surface area contributed by atoms with Crippen LogP contribution in [0.5, 0.6) is 0 Å². The number of rotatable bonds is 6. The van der Waals surface area contributed by atoms with E-state index in [1.165, 1.54) is 9.96 Å². The zero-order valence-corrected chi connectivity index (χ0v) is 10.8. The number of nitrogens with one attached hydrogen (secondary N) is 1. The van der Waals surface area contributed by atoms with E-state index in [-0.39, 0.29) is 0 Å². The van der Waals surface area contributed by atoms with Crippen molar-refractivity contribution in [2.45, 2.75) is 31.0 Å². The predicted molar refractivity (Wildman–Crippen MR) is 67.3 cm³/mol. The van der Waals surface area contributed by atoms with Gasteiger partial charge < -0.3 is 5.32 Å². The van der Waals surface area contributed by atoms with Crippen LogP contribution in [-0.2, 0) is 0 Å². The third-order valence-corrected chi connectivity index (χ3v) is 4.34. The fourth-order valence-electron chi connectivity index (χ4n) is 1.07. The molecule has 0 bridgehead atoms. The molecular weight excluding hydrogens is 210 g/mol. The largest absolute Gasteiger partial charge is 0.314 e. The minimum absolute atomic E-state index is 0.601. The maximum atomic E-state index is 3.47. The fourth-order valence-corrected chi connectivity index (χ4v) is 2.90. The molecule has 0 aliphatic rings. The number of thiophene rings is 1. The van der Waals surface area contributed by atoms with Gasteiger partial charge in [-0.3, -0.25) is 0 Å². The molecule has 1 rings (SSSR count). The fraction of sp³-hybridized carbons (Fsp3) is 0.636. The minimum atomic E-state index is 0.601. The van der Waals surface area contributed by atoms with E-state index >= 15 is 0 Å². The van der Waals surface area contributed by atoms with Crippen molar-refractivity contribution in [3.63, 3.8) is 0 Å². The first-order valence-corrected chi connectivity index (χ1v) is 6.94. The summed E-state index contributed by atoms with van der Waals surface area (Å²) in [4.78, 5) is 0. The average Bonchev–Trinajstić information content (AvgIpc) is 2.63. The maximum Gasteiger partial charge on any atom is 0.0598 e. The smallest absolute Gasteiger partial charge is 0.0598 e. The monoisotopic (exact) mass is 229 g/mol. The molecule has 1 heterocycles. The van der Waals surface area contributed by atoms with Gasteiger partial charge in [-0.05, 0) is 23.9 Å². The van der Waals surface area contributed by atoms with Gasteiger partial charge in [0.2, 0.25) is 0 Å². The summed E-state index contributed by atoms with van der Waals surface area (Å²) in [5.74, 6) is 1.95. The van der Waals surface area contributed by atoms with Crippen LogP contribution < -0.4 is 5.32 Å². The number of thioether (sulfide) groups is 1. The van der Waals surface area contributed by atoms with Gasteiger partial charge in [0.25, 0.3) is 0 Å². The van der Waals surface area contributed by atoms with Gasteiger partial charge >= 0.3 is 0 Å². The standard InChI is InChI=1S/C11H19NS2/c1-9(2)12-7-10(3)8-14-11-5-4-6-13-11/h4-6,9-10,12H,7-8H2,1-3H3. The molecule has 0 saturated heterocycles. The molecule has 0 amide bonds. The van der Waals surface area contributed by atoms with E-state index in [9.17, 15) is 0 Å². The summed E-state index contributed by atoms with van der Waals surface area (Å²) in [6, 6.07) is 4.91. The molecule has 1 atom stereocenters. The molecule has 1 aromatic heterocycles. The molecule has 0 spiro atoms. The van der Waals surface area contributed by atoms with Gasteiger partial charge in [0.15, 0.2) is 0 Å². The van der Waals surface area contributed by atoms with Crippen LogP contribution in [0.3, 0.4) is 0 Å². The van der Waals surface area contributed by atoms with Crippen LogP contribution in [0.2, 0.25) is 0 Å². The van der Waals surface area contributed by atoms with Gasteiger partial charge in [0, 0.05) is 11.8 Å². The van der Waals surface area contributed by atoms with Crippen molar-refractivity contribution in [1.29, 1.82) is 0 Å². The van der Waals surface area contributed by atoms with Gasteiger partial charge in [-0.15, -0.1) is 23.1 Å². The Kier molecular flexibility index (Phi) is 5.60. The molecule has 1 aromatic rings. The quantitative estimate of drug-likeness (QED) is 0.750. The Morgan fingerprint density at radius 2 is 2.21 bits per heavy atom. The highest BCUT2D eigenvalue weighted by Crippen LogP contribution is 2.25. The van der Waals surface area contributed by atoms with Crippen LogP contribution in [0, 0.1) is 5.92 Å². The zero-order valence-electron chi connectivity index (χ0n) is 9.12. The molecule has 1 N–H and O–H groups in total. The van der Waals surface area contributed by atoms with E-state index in [4.69, 9.17) is 0 Å². The topological polar surface area (TPSA) is 12.0 Å². The van der Waals surface area contributed by atoms with Gasteiger partial charge in [-0.25, -0.2) is 0 Å².